The highest BCUT2D eigenvalue weighted by Gasteiger charge is 2.09. The Hall–Kier alpha value is 0.220. The zero-order valence-electron chi connectivity index (χ0n) is 4.22. The quantitative estimate of drug-likeness (QED) is 0.596. The maximum Gasteiger partial charge on any atom is 0.339 e. The van der Waals surface area contributed by atoms with Crippen molar-refractivity contribution in [2.45, 2.75) is 0 Å². The van der Waals surface area contributed by atoms with E-state index in [1.807, 2.05) is 0 Å². The number of rotatable bonds is 1. The molecule has 0 atom stereocenters. The van der Waals surface area contributed by atoms with Gasteiger partial charge in [-0.15, -0.1) is 24.8 Å². The van der Waals surface area contributed by atoms with Crippen molar-refractivity contribution in [3.63, 3.8) is 0 Å². The van der Waals surface area contributed by atoms with Gasteiger partial charge in [-0.05, 0) is 0 Å². The lowest BCUT2D eigenvalue weighted by molar-refractivity contribution is 0.377. The van der Waals surface area contributed by atoms with Crippen LogP contribution in [0.15, 0.2) is 0 Å². The Labute approximate surface area is 64.9 Å². The van der Waals surface area contributed by atoms with E-state index in [2.05, 4.69) is 0 Å². The first kappa shape index (κ1) is 16.1. The summed E-state index contributed by atoms with van der Waals surface area (Å²) < 4.78 is 9.70. The van der Waals surface area contributed by atoms with Crippen LogP contribution in [0.2, 0.25) is 0 Å². The van der Waals surface area contributed by atoms with E-state index in [-0.39, 0.29) is 24.8 Å². The van der Waals surface area contributed by atoms with Gasteiger partial charge in [0.15, 0.2) is 0 Å². The predicted molar refractivity (Wildman–Crippen MR) is 37.0 cm³/mol. The fourth-order valence-corrected chi connectivity index (χ4v) is 0.276. The Bertz CT molecular complexity index is 137. The molecule has 7 heteroatoms. The Morgan fingerprint density at radius 1 is 1.44 bits per heavy atom. The molecule has 0 radical (unpaired) electrons. The summed E-state index contributed by atoms with van der Waals surface area (Å²) in [5.41, 5.74) is 0. The Morgan fingerprint density at radius 3 is 1.78 bits per heavy atom. The van der Waals surface area contributed by atoms with Gasteiger partial charge in [0.05, 0.1) is 6.07 Å². The highest BCUT2D eigenvalue weighted by atomic mass is 35.5. The minimum Gasteiger partial charge on any atom is -0.324 e. The molecule has 9 heavy (non-hydrogen) atoms. The third kappa shape index (κ3) is 17.9. The second-order valence-electron chi connectivity index (χ2n) is 0.981. The first-order valence-electron chi connectivity index (χ1n) is 1.48. The molecule has 2 N–H and O–H groups in total. The van der Waals surface area contributed by atoms with Gasteiger partial charge in [0.1, 0.15) is 6.16 Å². The van der Waals surface area contributed by atoms with Crippen LogP contribution in [0.3, 0.4) is 0 Å². The summed E-state index contributed by atoms with van der Waals surface area (Å²) in [6.45, 7) is 0. The molecule has 56 valence electrons. The van der Waals surface area contributed by atoms with Crippen LogP contribution >= 0.6 is 32.4 Å². The van der Waals surface area contributed by atoms with Crippen LogP contribution in [-0.2, 0) is 4.57 Å². The Kier molecular flexibility index (Phi) is 11.3. The first-order chi connectivity index (χ1) is 3.06. The van der Waals surface area contributed by atoms with E-state index in [0.29, 0.717) is 0 Å². The van der Waals surface area contributed by atoms with Crippen molar-refractivity contribution in [1.82, 2.24) is 0 Å². The average molecular weight is 194 g/mol. The predicted octanol–water partition coefficient (Wildman–Crippen LogP) is 0.531. The van der Waals surface area contributed by atoms with Gasteiger partial charge < -0.3 is 9.79 Å². The molecule has 0 aliphatic rings. The number of nitrogens with zero attached hydrogens (tertiary/aromatic N) is 1. The summed E-state index contributed by atoms with van der Waals surface area (Å²) in [6.07, 6.45) is -0.688. The van der Waals surface area contributed by atoms with Crippen molar-refractivity contribution in [2.75, 3.05) is 6.16 Å². The minimum absolute atomic E-state index is 0. The SMILES string of the molecule is Cl.Cl.N#CCP(=O)(O)O. The van der Waals surface area contributed by atoms with Crippen molar-refractivity contribution < 1.29 is 14.4 Å². The summed E-state index contributed by atoms with van der Waals surface area (Å²) in [5, 5.41) is 7.66. The lowest BCUT2D eigenvalue weighted by atomic mass is 10.9. The van der Waals surface area contributed by atoms with E-state index in [4.69, 9.17) is 15.0 Å². The van der Waals surface area contributed by atoms with Crippen LogP contribution in [0.1, 0.15) is 0 Å². The molecule has 0 saturated carbocycles. The van der Waals surface area contributed by atoms with E-state index >= 15 is 0 Å². The second kappa shape index (κ2) is 6.34. The molecule has 0 bridgehead atoms. The zero-order chi connectivity index (χ0) is 5.91. The van der Waals surface area contributed by atoms with Gasteiger partial charge >= 0.3 is 7.60 Å². The molecule has 0 spiro atoms. The molecule has 0 saturated heterocycles. The number of hydrogen-bond acceptors (Lipinski definition) is 2. The molecule has 0 aliphatic carbocycles. The van der Waals surface area contributed by atoms with Gasteiger partial charge in [-0.2, -0.15) is 5.26 Å². The standard InChI is InChI=1S/C2H4NO3P.2ClH/c3-1-2-7(4,5)6;;/h2H2,(H2,4,5,6);2*1H. The van der Waals surface area contributed by atoms with Gasteiger partial charge in [0.25, 0.3) is 0 Å². The molecule has 0 unspecified atom stereocenters. The smallest absolute Gasteiger partial charge is 0.324 e. The number of nitriles is 1. The van der Waals surface area contributed by atoms with Crippen LogP contribution in [0.4, 0.5) is 0 Å². The summed E-state index contributed by atoms with van der Waals surface area (Å²) in [5.74, 6) is 0. The maximum absolute atomic E-state index is 9.70. The van der Waals surface area contributed by atoms with Gasteiger partial charge in [-0.3, -0.25) is 4.57 Å². The van der Waals surface area contributed by atoms with Crippen molar-refractivity contribution in [2.24, 2.45) is 0 Å². The lowest BCUT2D eigenvalue weighted by Gasteiger charge is -1.90. The van der Waals surface area contributed by atoms with Crippen molar-refractivity contribution in [1.29, 1.82) is 5.26 Å². The van der Waals surface area contributed by atoms with Gasteiger partial charge in [-0.1, -0.05) is 0 Å². The molecule has 0 aromatic rings. The monoisotopic (exact) mass is 193 g/mol. The number of halogens is 2. The summed E-state index contributed by atoms with van der Waals surface area (Å²) in [7, 11) is -4.03. The van der Waals surface area contributed by atoms with Gasteiger partial charge in [-0.25, -0.2) is 0 Å². The Morgan fingerprint density at radius 2 is 1.78 bits per heavy atom. The van der Waals surface area contributed by atoms with Gasteiger partial charge in [0.2, 0.25) is 0 Å². The topological polar surface area (TPSA) is 81.3 Å². The molecule has 0 aromatic heterocycles. The van der Waals surface area contributed by atoms with Crippen LogP contribution in [-0.4, -0.2) is 15.9 Å². The molecule has 0 fully saturated rings. The van der Waals surface area contributed by atoms with Crippen LogP contribution in [0, 0.1) is 11.3 Å². The average Bonchev–Trinajstić information content (AvgIpc) is 1.30. The number of hydrogen-bond donors (Lipinski definition) is 2. The van der Waals surface area contributed by atoms with Crippen molar-refractivity contribution >= 4 is 32.4 Å². The third-order valence-corrected chi connectivity index (χ3v) is 0.830. The molecule has 4 nitrogen and oxygen atoms in total. The van der Waals surface area contributed by atoms with E-state index in [9.17, 15) is 4.57 Å². The molecule has 0 aliphatic heterocycles. The molecular formula is C2H6Cl2NO3P. The lowest BCUT2D eigenvalue weighted by Crippen LogP contribution is -1.79. The second-order valence-corrected chi connectivity index (χ2v) is 2.63. The van der Waals surface area contributed by atoms with Gasteiger partial charge in [0, 0.05) is 0 Å². The van der Waals surface area contributed by atoms with Crippen LogP contribution in [0.5, 0.6) is 0 Å². The summed E-state index contributed by atoms with van der Waals surface area (Å²) >= 11 is 0. The minimum atomic E-state index is -4.03. The third-order valence-electron chi connectivity index (χ3n) is 0.277. The fourth-order valence-electron chi connectivity index (χ4n) is 0.0921. The molecular weight excluding hydrogens is 188 g/mol. The fraction of sp³-hybridized carbons (Fsp3) is 0.500. The first-order valence-corrected chi connectivity index (χ1v) is 3.27. The largest absolute Gasteiger partial charge is 0.339 e. The molecule has 0 heterocycles. The van der Waals surface area contributed by atoms with Crippen molar-refractivity contribution in [3.8, 4) is 6.07 Å². The zero-order valence-corrected chi connectivity index (χ0v) is 6.75. The Balaban J connectivity index is -0.000000180. The summed E-state index contributed by atoms with van der Waals surface area (Å²) in [6, 6.07) is 1.34. The van der Waals surface area contributed by atoms with Crippen LogP contribution < -0.4 is 0 Å². The van der Waals surface area contributed by atoms with E-state index in [0.717, 1.165) is 0 Å². The van der Waals surface area contributed by atoms with E-state index in [1.165, 1.54) is 6.07 Å². The molecule has 0 aromatic carbocycles. The highest BCUT2D eigenvalue weighted by molar-refractivity contribution is 7.52. The molecule has 0 amide bonds. The van der Waals surface area contributed by atoms with Crippen LogP contribution in [0.25, 0.3) is 0 Å². The normalized spacial score (nSPS) is 8.11. The van der Waals surface area contributed by atoms with E-state index in [1.54, 1.807) is 0 Å². The molecule has 0 rings (SSSR count). The summed E-state index contributed by atoms with van der Waals surface area (Å²) in [4.78, 5) is 15.8. The maximum atomic E-state index is 9.70. The highest BCUT2D eigenvalue weighted by Crippen LogP contribution is 2.32. The van der Waals surface area contributed by atoms with Crippen molar-refractivity contribution in [3.05, 3.63) is 0 Å². The van der Waals surface area contributed by atoms with E-state index < -0.39 is 13.8 Å².